The molecule has 2 aromatic carbocycles. The van der Waals surface area contributed by atoms with Crippen LogP contribution < -0.4 is 5.19 Å². The highest BCUT2D eigenvalue weighted by atomic mass is 28.2. The van der Waals surface area contributed by atoms with Gasteiger partial charge in [0.1, 0.15) is 0 Å². The normalized spacial score (nSPS) is 17.8. The Morgan fingerprint density at radius 3 is 2.33 bits per heavy atom. The number of allylic oxidation sites excluding steroid dienone is 4. The fourth-order valence-corrected chi connectivity index (χ4v) is 5.49. The zero-order valence-corrected chi connectivity index (χ0v) is 16.6. The van der Waals surface area contributed by atoms with Crippen LogP contribution in [0.5, 0.6) is 0 Å². The Balaban J connectivity index is 1.80. The zero-order valence-electron chi connectivity index (χ0n) is 15.2. The minimum Gasteiger partial charge on any atom is -0.0727 e. The summed E-state index contributed by atoms with van der Waals surface area (Å²) in [7, 11) is -0.358. The largest absolute Gasteiger partial charge is 0.0835 e. The first-order valence-electron chi connectivity index (χ1n) is 9.24. The Morgan fingerprint density at radius 2 is 1.67 bits per heavy atom. The molecule has 1 heteroatoms. The van der Waals surface area contributed by atoms with E-state index in [0.29, 0.717) is 5.92 Å². The van der Waals surface area contributed by atoms with E-state index in [9.17, 15) is 0 Å². The van der Waals surface area contributed by atoms with Gasteiger partial charge in [-0.2, -0.15) is 0 Å². The molecule has 0 nitrogen and oxygen atoms in total. The Morgan fingerprint density at radius 1 is 0.958 bits per heavy atom. The number of rotatable bonds is 6. The summed E-state index contributed by atoms with van der Waals surface area (Å²) in [6.45, 7) is 6.94. The SMILES string of the molecule is CCCCc1ccc(C2=CC(C)C([SiH2]c3ccccc3)=C2C)cc1. The van der Waals surface area contributed by atoms with E-state index in [1.54, 1.807) is 10.4 Å². The van der Waals surface area contributed by atoms with Gasteiger partial charge in [-0.15, -0.1) is 0 Å². The van der Waals surface area contributed by atoms with Crippen molar-refractivity contribution in [2.24, 2.45) is 5.92 Å². The Bertz CT molecular complexity index is 735. The molecule has 1 atom stereocenters. The molecule has 0 aliphatic heterocycles. The van der Waals surface area contributed by atoms with Crippen LogP contribution in [-0.4, -0.2) is 9.52 Å². The molecule has 0 fully saturated rings. The Hall–Kier alpha value is -1.86. The topological polar surface area (TPSA) is 0 Å². The van der Waals surface area contributed by atoms with Crippen molar-refractivity contribution in [2.45, 2.75) is 40.0 Å². The van der Waals surface area contributed by atoms with Crippen molar-refractivity contribution < 1.29 is 0 Å². The van der Waals surface area contributed by atoms with Gasteiger partial charge in [0.25, 0.3) is 0 Å². The van der Waals surface area contributed by atoms with E-state index in [-0.39, 0.29) is 9.52 Å². The van der Waals surface area contributed by atoms with Crippen LogP contribution in [0, 0.1) is 5.92 Å². The lowest BCUT2D eigenvalue weighted by atomic mass is 9.99. The number of hydrogen-bond acceptors (Lipinski definition) is 0. The van der Waals surface area contributed by atoms with E-state index < -0.39 is 0 Å². The van der Waals surface area contributed by atoms with Crippen LogP contribution in [0.3, 0.4) is 0 Å². The van der Waals surface area contributed by atoms with Gasteiger partial charge < -0.3 is 0 Å². The summed E-state index contributed by atoms with van der Waals surface area (Å²) in [5.41, 5.74) is 5.84. The highest BCUT2D eigenvalue weighted by molar-refractivity contribution is 6.61. The Labute approximate surface area is 149 Å². The molecule has 0 spiro atoms. The zero-order chi connectivity index (χ0) is 16.9. The standard InChI is InChI=1S/C23H28Si/c1-4-5-9-19-12-14-20(15-13-19)22-16-17(2)23(18(22)3)24-21-10-7-6-8-11-21/h6-8,10-17H,4-5,9,24H2,1-3H3. The third-order valence-electron chi connectivity index (χ3n) is 5.17. The Kier molecular flexibility index (Phi) is 5.52. The van der Waals surface area contributed by atoms with E-state index in [2.05, 4.69) is 81.4 Å². The van der Waals surface area contributed by atoms with Gasteiger partial charge in [0.05, 0.1) is 9.52 Å². The van der Waals surface area contributed by atoms with Gasteiger partial charge in [0.2, 0.25) is 0 Å². The molecule has 124 valence electrons. The van der Waals surface area contributed by atoms with Crippen LogP contribution in [-0.2, 0) is 6.42 Å². The van der Waals surface area contributed by atoms with Crippen LogP contribution in [0.2, 0.25) is 0 Å². The lowest BCUT2D eigenvalue weighted by Gasteiger charge is -2.11. The van der Waals surface area contributed by atoms with E-state index in [1.165, 1.54) is 41.5 Å². The van der Waals surface area contributed by atoms with E-state index >= 15 is 0 Å². The summed E-state index contributed by atoms with van der Waals surface area (Å²) in [6, 6.07) is 20.3. The third-order valence-corrected chi connectivity index (χ3v) is 7.61. The van der Waals surface area contributed by atoms with Crippen molar-refractivity contribution in [1.82, 2.24) is 0 Å². The van der Waals surface area contributed by atoms with Gasteiger partial charge in [-0.25, -0.2) is 0 Å². The molecule has 2 aromatic rings. The highest BCUT2D eigenvalue weighted by Crippen LogP contribution is 2.36. The molecule has 0 aromatic heterocycles. The summed E-state index contributed by atoms with van der Waals surface area (Å²) < 4.78 is 0. The van der Waals surface area contributed by atoms with E-state index in [1.807, 2.05) is 0 Å². The maximum atomic E-state index is 2.47. The van der Waals surface area contributed by atoms with Crippen LogP contribution in [0.4, 0.5) is 0 Å². The van der Waals surface area contributed by atoms with Crippen LogP contribution in [0.15, 0.2) is 71.4 Å². The smallest absolute Gasteiger partial charge is 0.0727 e. The first kappa shape index (κ1) is 17.0. The van der Waals surface area contributed by atoms with Crippen LogP contribution in [0.1, 0.15) is 44.7 Å². The maximum Gasteiger partial charge on any atom is 0.0835 e. The molecule has 0 heterocycles. The van der Waals surface area contributed by atoms with Gasteiger partial charge in [0, 0.05) is 0 Å². The van der Waals surface area contributed by atoms with Crippen molar-refractivity contribution in [3.8, 4) is 0 Å². The lowest BCUT2D eigenvalue weighted by molar-refractivity contribution is 0.795. The monoisotopic (exact) mass is 332 g/mol. The molecule has 1 unspecified atom stereocenters. The average Bonchev–Trinajstić information content (AvgIpc) is 2.89. The number of unbranched alkanes of at least 4 members (excludes halogenated alkanes) is 1. The molecular formula is C23H28Si. The molecule has 0 N–H and O–H groups in total. The first-order chi connectivity index (χ1) is 11.7. The van der Waals surface area contributed by atoms with Crippen LogP contribution in [0.25, 0.3) is 5.57 Å². The molecule has 24 heavy (non-hydrogen) atoms. The molecule has 3 rings (SSSR count). The van der Waals surface area contributed by atoms with E-state index in [4.69, 9.17) is 0 Å². The molecule has 0 amide bonds. The average molecular weight is 333 g/mol. The molecule has 0 bridgehead atoms. The van der Waals surface area contributed by atoms with Gasteiger partial charge in [-0.3, -0.25) is 0 Å². The second kappa shape index (κ2) is 7.81. The fraction of sp³-hybridized carbons (Fsp3) is 0.304. The number of benzene rings is 2. The summed E-state index contributed by atoms with van der Waals surface area (Å²) in [4.78, 5) is 0. The molecule has 1 aliphatic rings. The van der Waals surface area contributed by atoms with Crippen molar-refractivity contribution in [1.29, 1.82) is 0 Å². The second-order valence-corrected chi connectivity index (χ2v) is 8.91. The van der Waals surface area contributed by atoms with E-state index in [0.717, 1.165) is 0 Å². The van der Waals surface area contributed by atoms with Crippen molar-refractivity contribution >= 4 is 20.3 Å². The summed E-state index contributed by atoms with van der Waals surface area (Å²) >= 11 is 0. The first-order valence-corrected chi connectivity index (χ1v) is 10.7. The molecule has 0 radical (unpaired) electrons. The predicted octanol–water partition coefficient (Wildman–Crippen LogP) is 4.83. The van der Waals surface area contributed by atoms with Crippen molar-refractivity contribution in [2.75, 3.05) is 0 Å². The quantitative estimate of drug-likeness (QED) is 0.665. The minimum atomic E-state index is -0.358. The van der Waals surface area contributed by atoms with Gasteiger partial charge >= 0.3 is 0 Å². The maximum absolute atomic E-state index is 2.47. The number of aryl methyl sites for hydroxylation is 1. The molecule has 0 saturated heterocycles. The molecule has 1 aliphatic carbocycles. The summed E-state index contributed by atoms with van der Waals surface area (Å²) in [5.74, 6) is 0.589. The molecular weight excluding hydrogens is 304 g/mol. The lowest BCUT2D eigenvalue weighted by Crippen LogP contribution is -2.18. The number of hydrogen-bond donors (Lipinski definition) is 0. The predicted molar refractivity (Wildman–Crippen MR) is 110 cm³/mol. The summed E-state index contributed by atoms with van der Waals surface area (Å²) in [6.07, 6.45) is 6.22. The van der Waals surface area contributed by atoms with Gasteiger partial charge in [0.15, 0.2) is 0 Å². The summed E-state index contributed by atoms with van der Waals surface area (Å²) in [5, 5.41) is 3.24. The van der Waals surface area contributed by atoms with Gasteiger partial charge in [-0.05, 0) is 48.0 Å². The minimum absolute atomic E-state index is 0.358. The van der Waals surface area contributed by atoms with Crippen molar-refractivity contribution in [3.63, 3.8) is 0 Å². The van der Waals surface area contributed by atoms with Crippen LogP contribution >= 0.6 is 0 Å². The molecule has 0 saturated carbocycles. The van der Waals surface area contributed by atoms with Crippen molar-refractivity contribution in [3.05, 3.63) is 82.6 Å². The van der Waals surface area contributed by atoms with Gasteiger partial charge in [-0.1, -0.05) is 91.3 Å². The highest BCUT2D eigenvalue weighted by Gasteiger charge is 2.21. The fourth-order valence-electron chi connectivity index (χ4n) is 3.64. The third kappa shape index (κ3) is 3.79. The second-order valence-electron chi connectivity index (χ2n) is 6.98.